The summed E-state index contributed by atoms with van der Waals surface area (Å²) in [6.07, 6.45) is -0.655. The summed E-state index contributed by atoms with van der Waals surface area (Å²) in [5.74, 6) is 0.947. The zero-order valence-electron chi connectivity index (χ0n) is 15.5. The van der Waals surface area contributed by atoms with E-state index in [0.717, 1.165) is 11.1 Å². The highest BCUT2D eigenvalue weighted by Gasteiger charge is 2.15. The molecule has 0 saturated carbocycles. The van der Waals surface area contributed by atoms with Gasteiger partial charge in [0.25, 0.3) is 5.91 Å². The number of anilines is 1. The van der Waals surface area contributed by atoms with E-state index in [4.69, 9.17) is 14.7 Å². The van der Waals surface area contributed by atoms with Crippen LogP contribution < -0.4 is 14.8 Å². The molecule has 1 atom stereocenters. The molecule has 0 saturated heterocycles. The van der Waals surface area contributed by atoms with Crippen LogP contribution in [0.3, 0.4) is 0 Å². The molecule has 3 aromatic carbocycles. The fraction of sp³-hybridized carbons (Fsp3) is 0.130. The van der Waals surface area contributed by atoms with Crippen LogP contribution in [0.15, 0.2) is 78.9 Å². The highest BCUT2D eigenvalue weighted by molar-refractivity contribution is 5.94. The smallest absolute Gasteiger partial charge is 0.265 e. The molecular weight excluding hydrogens is 352 g/mol. The van der Waals surface area contributed by atoms with Crippen LogP contribution in [0.1, 0.15) is 6.92 Å². The van der Waals surface area contributed by atoms with Gasteiger partial charge in [-0.1, -0.05) is 42.5 Å². The molecule has 0 aliphatic carbocycles. The minimum Gasteiger partial charge on any atom is -0.481 e. The first-order chi connectivity index (χ1) is 13.7. The molecule has 1 unspecified atom stereocenters. The molecule has 28 heavy (non-hydrogen) atoms. The third-order valence-corrected chi connectivity index (χ3v) is 4.07. The van der Waals surface area contributed by atoms with E-state index in [2.05, 4.69) is 5.32 Å². The van der Waals surface area contributed by atoms with Crippen LogP contribution >= 0.6 is 0 Å². The van der Waals surface area contributed by atoms with Gasteiger partial charge in [-0.3, -0.25) is 4.79 Å². The van der Waals surface area contributed by atoms with Crippen LogP contribution in [0.4, 0.5) is 5.69 Å². The second-order valence-corrected chi connectivity index (χ2v) is 6.11. The van der Waals surface area contributed by atoms with Gasteiger partial charge in [-0.25, -0.2) is 0 Å². The lowest BCUT2D eigenvalue weighted by atomic mass is 10.1. The lowest BCUT2D eigenvalue weighted by Gasteiger charge is -2.15. The van der Waals surface area contributed by atoms with E-state index in [-0.39, 0.29) is 12.5 Å². The van der Waals surface area contributed by atoms with Crippen LogP contribution in [-0.2, 0) is 4.79 Å². The molecule has 0 aliphatic rings. The summed E-state index contributed by atoms with van der Waals surface area (Å²) in [7, 11) is 0. The summed E-state index contributed by atoms with van der Waals surface area (Å²) < 4.78 is 10.9. The number of nitrogens with zero attached hydrogens (tertiary/aromatic N) is 1. The van der Waals surface area contributed by atoms with Gasteiger partial charge in [0, 0.05) is 5.69 Å². The molecule has 0 radical (unpaired) electrons. The Morgan fingerprint density at radius 2 is 1.54 bits per heavy atom. The zero-order valence-corrected chi connectivity index (χ0v) is 15.5. The number of benzene rings is 3. The van der Waals surface area contributed by atoms with Gasteiger partial charge in [0.2, 0.25) is 0 Å². The SMILES string of the molecule is CC(Oc1ccc(-c2ccccc2)cc1)C(=O)Nc1ccc(OCC#N)cc1. The van der Waals surface area contributed by atoms with Crippen molar-refractivity contribution >= 4 is 11.6 Å². The Bertz CT molecular complexity index is 946. The van der Waals surface area contributed by atoms with Crippen LogP contribution in [-0.4, -0.2) is 18.6 Å². The van der Waals surface area contributed by atoms with Crippen LogP contribution in [0.5, 0.6) is 11.5 Å². The number of hydrogen-bond acceptors (Lipinski definition) is 4. The van der Waals surface area contributed by atoms with Crippen LogP contribution in [0, 0.1) is 11.3 Å². The summed E-state index contributed by atoms with van der Waals surface area (Å²) in [6, 6.07) is 26.4. The number of carbonyl (C=O) groups is 1. The summed E-state index contributed by atoms with van der Waals surface area (Å²) in [4.78, 5) is 12.4. The Morgan fingerprint density at radius 1 is 0.929 bits per heavy atom. The fourth-order valence-corrected chi connectivity index (χ4v) is 2.61. The maximum absolute atomic E-state index is 12.4. The Morgan fingerprint density at radius 3 is 2.18 bits per heavy atom. The van der Waals surface area contributed by atoms with Gasteiger partial charge in [0.15, 0.2) is 12.7 Å². The monoisotopic (exact) mass is 372 g/mol. The van der Waals surface area contributed by atoms with Gasteiger partial charge in [0.05, 0.1) is 0 Å². The predicted octanol–water partition coefficient (Wildman–Crippen LogP) is 4.66. The third kappa shape index (κ3) is 5.12. The Kier molecular flexibility index (Phi) is 6.27. The van der Waals surface area contributed by atoms with E-state index in [9.17, 15) is 4.79 Å². The molecular formula is C23H20N2O3. The number of hydrogen-bond donors (Lipinski definition) is 1. The summed E-state index contributed by atoms with van der Waals surface area (Å²) >= 11 is 0. The third-order valence-electron chi connectivity index (χ3n) is 4.07. The molecule has 1 amide bonds. The zero-order chi connectivity index (χ0) is 19.8. The van der Waals surface area contributed by atoms with Gasteiger partial charge < -0.3 is 14.8 Å². The van der Waals surface area contributed by atoms with Crippen molar-refractivity contribution in [3.8, 4) is 28.7 Å². The minimum atomic E-state index is -0.655. The molecule has 5 nitrogen and oxygen atoms in total. The van der Waals surface area contributed by atoms with Crippen molar-refractivity contribution < 1.29 is 14.3 Å². The Balaban J connectivity index is 1.56. The maximum atomic E-state index is 12.4. The summed E-state index contributed by atoms with van der Waals surface area (Å²) in [5, 5.41) is 11.3. The molecule has 0 bridgehead atoms. The van der Waals surface area contributed by atoms with E-state index >= 15 is 0 Å². The van der Waals surface area contributed by atoms with E-state index < -0.39 is 6.10 Å². The quantitative estimate of drug-likeness (QED) is 0.655. The van der Waals surface area contributed by atoms with Crippen molar-refractivity contribution in [2.24, 2.45) is 0 Å². The van der Waals surface area contributed by atoms with Gasteiger partial charge in [-0.2, -0.15) is 5.26 Å². The normalized spacial score (nSPS) is 11.1. The van der Waals surface area contributed by atoms with E-state index in [0.29, 0.717) is 17.2 Å². The standard InChI is InChI=1S/C23H20N2O3/c1-17(23(26)25-20-9-13-21(14-10-20)27-16-15-24)28-22-11-7-19(8-12-22)18-5-3-2-4-6-18/h2-14,17H,16H2,1H3,(H,25,26). The van der Waals surface area contributed by atoms with Crippen LogP contribution in [0.25, 0.3) is 11.1 Å². The second-order valence-electron chi connectivity index (χ2n) is 6.11. The van der Waals surface area contributed by atoms with E-state index in [1.807, 2.05) is 60.7 Å². The van der Waals surface area contributed by atoms with Crippen molar-refractivity contribution in [3.05, 3.63) is 78.9 Å². The largest absolute Gasteiger partial charge is 0.481 e. The number of carbonyl (C=O) groups excluding carboxylic acids is 1. The molecule has 0 heterocycles. The molecule has 3 rings (SSSR count). The first-order valence-electron chi connectivity index (χ1n) is 8.88. The average molecular weight is 372 g/mol. The number of ether oxygens (including phenoxy) is 2. The number of nitrogens with one attached hydrogen (secondary N) is 1. The molecule has 5 heteroatoms. The molecule has 0 spiro atoms. The van der Waals surface area contributed by atoms with Crippen molar-refractivity contribution in [1.29, 1.82) is 5.26 Å². The van der Waals surface area contributed by atoms with Crippen molar-refractivity contribution in [1.82, 2.24) is 0 Å². The highest BCUT2D eigenvalue weighted by Crippen LogP contribution is 2.23. The van der Waals surface area contributed by atoms with Gasteiger partial charge in [-0.15, -0.1) is 0 Å². The molecule has 1 N–H and O–H groups in total. The molecule has 0 aromatic heterocycles. The number of rotatable bonds is 7. The molecule has 3 aromatic rings. The van der Waals surface area contributed by atoms with E-state index in [1.54, 1.807) is 31.2 Å². The fourth-order valence-electron chi connectivity index (χ4n) is 2.61. The highest BCUT2D eigenvalue weighted by atomic mass is 16.5. The average Bonchev–Trinajstić information content (AvgIpc) is 2.74. The van der Waals surface area contributed by atoms with Gasteiger partial charge in [0.1, 0.15) is 17.6 Å². The number of nitriles is 1. The minimum absolute atomic E-state index is 0.0142. The number of amides is 1. The van der Waals surface area contributed by atoms with Crippen LogP contribution in [0.2, 0.25) is 0 Å². The van der Waals surface area contributed by atoms with Crippen molar-refractivity contribution in [2.75, 3.05) is 11.9 Å². The van der Waals surface area contributed by atoms with Gasteiger partial charge in [-0.05, 0) is 54.4 Å². The topological polar surface area (TPSA) is 71.3 Å². The molecule has 140 valence electrons. The van der Waals surface area contributed by atoms with Crippen molar-refractivity contribution in [2.45, 2.75) is 13.0 Å². The predicted molar refractivity (Wildman–Crippen MR) is 108 cm³/mol. The lowest BCUT2D eigenvalue weighted by molar-refractivity contribution is -0.122. The van der Waals surface area contributed by atoms with Gasteiger partial charge >= 0.3 is 0 Å². The van der Waals surface area contributed by atoms with E-state index in [1.165, 1.54) is 0 Å². The van der Waals surface area contributed by atoms with Crippen molar-refractivity contribution in [3.63, 3.8) is 0 Å². The molecule has 0 aliphatic heterocycles. The molecule has 0 fully saturated rings. The Labute approximate surface area is 164 Å². The first-order valence-corrected chi connectivity index (χ1v) is 8.88. The first kappa shape index (κ1) is 19.0. The lowest BCUT2D eigenvalue weighted by Crippen LogP contribution is -2.30. The Hall–Kier alpha value is -3.78. The summed E-state index contributed by atoms with van der Waals surface area (Å²) in [6.45, 7) is 1.69. The second kappa shape index (κ2) is 9.24. The summed E-state index contributed by atoms with van der Waals surface area (Å²) in [5.41, 5.74) is 2.84. The maximum Gasteiger partial charge on any atom is 0.265 e.